The fourth-order valence-electron chi connectivity index (χ4n) is 4.15. The topological polar surface area (TPSA) is 102 Å². The first kappa shape index (κ1) is 26.1. The smallest absolute Gasteiger partial charge is 0.262 e. The zero-order valence-corrected chi connectivity index (χ0v) is 22.8. The van der Waals surface area contributed by atoms with Crippen LogP contribution in [0.25, 0.3) is 21.8 Å². The van der Waals surface area contributed by atoms with Crippen LogP contribution in [0.2, 0.25) is 0 Å². The van der Waals surface area contributed by atoms with Crippen LogP contribution in [-0.2, 0) is 16.1 Å². The number of nitrogens with one attached hydrogen (secondary N) is 2. The second-order valence-electron chi connectivity index (χ2n) is 8.63. The number of ether oxygens (including phenoxy) is 1. The van der Waals surface area contributed by atoms with Gasteiger partial charge in [-0.15, -0.1) is 0 Å². The molecular weight excluding hydrogens is 607 g/mol. The summed E-state index contributed by atoms with van der Waals surface area (Å²) in [6.07, 6.45) is 1.52. The highest BCUT2D eigenvalue weighted by Gasteiger charge is 2.12. The van der Waals surface area contributed by atoms with Crippen molar-refractivity contribution in [1.29, 1.82) is 0 Å². The Morgan fingerprint density at radius 3 is 2.10 bits per heavy atom. The number of rotatable bonds is 8. The fourth-order valence-corrected chi connectivity index (χ4v) is 4.68. The van der Waals surface area contributed by atoms with Crippen LogP contribution in [-0.4, -0.2) is 29.2 Å². The van der Waals surface area contributed by atoms with Gasteiger partial charge in [0.1, 0.15) is 12.3 Å². The van der Waals surface area contributed by atoms with Crippen molar-refractivity contribution in [3.8, 4) is 5.75 Å². The van der Waals surface area contributed by atoms with Crippen LogP contribution < -0.4 is 20.9 Å². The number of pyridine rings is 1. The number of benzene rings is 4. The van der Waals surface area contributed by atoms with Gasteiger partial charge in [-0.1, -0.05) is 36.4 Å². The molecule has 5 rings (SSSR count). The fraction of sp³-hybridized carbons (Fsp3) is 0.0667. The molecule has 4 aromatic carbocycles. The van der Waals surface area contributed by atoms with Gasteiger partial charge in [0.05, 0.1) is 22.9 Å². The summed E-state index contributed by atoms with van der Waals surface area (Å²) in [5.41, 5.74) is 5.34. The van der Waals surface area contributed by atoms with Crippen molar-refractivity contribution in [3.63, 3.8) is 0 Å². The number of nitrogens with zero attached hydrogens (tertiary/aromatic N) is 2. The Bertz CT molecular complexity index is 1700. The van der Waals surface area contributed by atoms with E-state index in [1.807, 2.05) is 65.2 Å². The molecule has 8 nitrogen and oxygen atoms in total. The van der Waals surface area contributed by atoms with Crippen LogP contribution in [0, 0.1) is 3.57 Å². The molecular formula is C30H23IN4O4. The molecule has 194 valence electrons. The predicted molar refractivity (Wildman–Crippen MR) is 161 cm³/mol. The van der Waals surface area contributed by atoms with Crippen molar-refractivity contribution in [1.82, 2.24) is 9.99 Å². The maximum Gasteiger partial charge on any atom is 0.262 e. The van der Waals surface area contributed by atoms with Crippen molar-refractivity contribution in [2.45, 2.75) is 6.54 Å². The number of carbonyl (C=O) groups excluding carboxylic acids is 2. The van der Waals surface area contributed by atoms with Gasteiger partial charge in [0.15, 0.2) is 12.0 Å². The number of anilines is 1. The third kappa shape index (κ3) is 6.15. The van der Waals surface area contributed by atoms with E-state index in [-0.39, 0.29) is 30.4 Å². The lowest BCUT2D eigenvalue weighted by Crippen LogP contribution is -2.25. The molecule has 0 spiro atoms. The second kappa shape index (κ2) is 11.9. The summed E-state index contributed by atoms with van der Waals surface area (Å²) < 4.78 is 8.33. The van der Waals surface area contributed by atoms with Crippen LogP contribution in [0.4, 0.5) is 5.69 Å². The van der Waals surface area contributed by atoms with Gasteiger partial charge in [-0.2, -0.15) is 5.10 Å². The predicted octanol–water partition coefficient (Wildman–Crippen LogP) is 4.93. The number of para-hydroxylation sites is 3. The molecule has 1 heterocycles. The molecule has 0 unspecified atom stereocenters. The Morgan fingerprint density at radius 2 is 1.44 bits per heavy atom. The van der Waals surface area contributed by atoms with Crippen LogP contribution in [0.5, 0.6) is 5.75 Å². The molecule has 2 amide bonds. The highest BCUT2D eigenvalue weighted by Crippen LogP contribution is 2.19. The first-order chi connectivity index (χ1) is 19.0. The molecule has 0 aliphatic heterocycles. The summed E-state index contributed by atoms with van der Waals surface area (Å²) in [4.78, 5) is 37.8. The molecule has 0 bridgehead atoms. The first-order valence-corrected chi connectivity index (χ1v) is 13.2. The summed E-state index contributed by atoms with van der Waals surface area (Å²) in [5, 5.41) is 8.00. The molecule has 0 atom stereocenters. The molecule has 0 radical (unpaired) electrons. The number of aromatic nitrogens is 1. The molecule has 1 aromatic heterocycles. The minimum absolute atomic E-state index is 0.00444. The molecule has 39 heavy (non-hydrogen) atoms. The number of halogens is 1. The van der Waals surface area contributed by atoms with E-state index in [1.54, 1.807) is 36.4 Å². The first-order valence-electron chi connectivity index (χ1n) is 12.1. The van der Waals surface area contributed by atoms with Crippen molar-refractivity contribution in [3.05, 3.63) is 116 Å². The van der Waals surface area contributed by atoms with Crippen molar-refractivity contribution in [2.24, 2.45) is 5.10 Å². The average molecular weight is 630 g/mol. The van der Waals surface area contributed by atoms with E-state index in [2.05, 4.69) is 38.4 Å². The summed E-state index contributed by atoms with van der Waals surface area (Å²) in [6, 6.07) is 29.0. The summed E-state index contributed by atoms with van der Waals surface area (Å²) in [6.45, 7) is -0.127. The van der Waals surface area contributed by atoms with Gasteiger partial charge >= 0.3 is 0 Å². The maximum atomic E-state index is 12.9. The number of fused-ring (bicyclic) bond motifs is 2. The zero-order chi connectivity index (χ0) is 27.2. The van der Waals surface area contributed by atoms with Crippen molar-refractivity contribution < 1.29 is 14.3 Å². The molecule has 0 saturated carbocycles. The Balaban J connectivity index is 1.19. The van der Waals surface area contributed by atoms with E-state index in [1.165, 1.54) is 6.21 Å². The number of hydrogen-bond acceptors (Lipinski definition) is 5. The Kier molecular flexibility index (Phi) is 7.97. The standard InChI is InChI=1S/C30H23IN4O4/c31-24-9-3-4-10-25(24)33-29(37)19-39-21-15-13-20(14-16-21)17-32-34-28(36)18-35-26-11-5-1-7-22(26)30(38)23-8-2-6-12-27(23)35/h1-17H,18-19H2,(H,33,37)(H,34,36)/b32-17-. The van der Waals surface area contributed by atoms with Gasteiger partial charge in [-0.3, -0.25) is 14.4 Å². The molecule has 9 heteroatoms. The van der Waals surface area contributed by atoms with E-state index in [9.17, 15) is 14.4 Å². The number of carbonyl (C=O) groups is 2. The van der Waals surface area contributed by atoms with E-state index in [0.29, 0.717) is 27.6 Å². The van der Waals surface area contributed by atoms with Gasteiger partial charge in [0.25, 0.3) is 11.8 Å². The zero-order valence-electron chi connectivity index (χ0n) is 20.6. The Hall–Kier alpha value is -4.51. The highest BCUT2D eigenvalue weighted by atomic mass is 127. The molecule has 0 aliphatic rings. The van der Waals surface area contributed by atoms with E-state index in [0.717, 1.165) is 14.8 Å². The summed E-state index contributed by atoms with van der Waals surface area (Å²) >= 11 is 2.16. The number of hydrazone groups is 1. The summed E-state index contributed by atoms with van der Waals surface area (Å²) in [5.74, 6) is -0.0499. The molecule has 0 aliphatic carbocycles. The molecule has 0 saturated heterocycles. The van der Waals surface area contributed by atoms with Crippen molar-refractivity contribution in [2.75, 3.05) is 11.9 Å². The Labute approximate surface area is 237 Å². The van der Waals surface area contributed by atoms with Gasteiger partial charge < -0.3 is 14.6 Å². The van der Waals surface area contributed by atoms with Crippen molar-refractivity contribution >= 4 is 68.1 Å². The maximum absolute atomic E-state index is 12.9. The SMILES string of the molecule is O=C(Cn1c2ccccc2c(=O)c2ccccc21)N/N=C\c1ccc(OCC(=O)Nc2ccccc2I)cc1. The summed E-state index contributed by atoms with van der Waals surface area (Å²) in [7, 11) is 0. The van der Waals surface area contributed by atoms with E-state index >= 15 is 0 Å². The number of hydrogen-bond donors (Lipinski definition) is 2. The van der Waals surface area contributed by atoms with Gasteiger partial charge in [0, 0.05) is 14.3 Å². The minimum atomic E-state index is -0.329. The highest BCUT2D eigenvalue weighted by molar-refractivity contribution is 14.1. The third-order valence-electron chi connectivity index (χ3n) is 5.98. The quantitative estimate of drug-likeness (QED) is 0.110. The van der Waals surface area contributed by atoms with Crippen LogP contribution in [0.1, 0.15) is 5.56 Å². The lowest BCUT2D eigenvalue weighted by atomic mass is 10.1. The van der Waals surface area contributed by atoms with Crippen LogP contribution in [0.3, 0.4) is 0 Å². The van der Waals surface area contributed by atoms with Crippen LogP contribution in [0.15, 0.2) is 107 Å². The normalized spacial score (nSPS) is 11.1. The minimum Gasteiger partial charge on any atom is -0.484 e. The molecule has 0 fully saturated rings. The lowest BCUT2D eigenvalue weighted by Gasteiger charge is -2.14. The van der Waals surface area contributed by atoms with E-state index in [4.69, 9.17) is 4.74 Å². The second-order valence-corrected chi connectivity index (χ2v) is 9.79. The number of amides is 2. The van der Waals surface area contributed by atoms with E-state index < -0.39 is 0 Å². The van der Waals surface area contributed by atoms with Crippen LogP contribution >= 0.6 is 22.6 Å². The van der Waals surface area contributed by atoms with Gasteiger partial charge in [0.2, 0.25) is 0 Å². The lowest BCUT2D eigenvalue weighted by molar-refractivity contribution is -0.121. The monoisotopic (exact) mass is 630 g/mol. The van der Waals surface area contributed by atoms with Gasteiger partial charge in [-0.25, -0.2) is 5.43 Å². The Morgan fingerprint density at radius 1 is 0.821 bits per heavy atom. The third-order valence-corrected chi connectivity index (χ3v) is 6.92. The van der Waals surface area contributed by atoms with Gasteiger partial charge in [-0.05, 0) is 88.8 Å². The average Bonchev–Trinajstić information content (AvgIpc) is 2.96. The largest absolute Gasteiger partial charge is 0.484 e. The molecule has 5 aromatic rings. The molecule has 2 N–H and O–H groups in total.